The van der Waals surface area contributed by atoms with Gasteiger partial charge in [-0.25, -0.2) is 18.1 Å². The topological polar surface area (TPSA) is 68.3 Å². The highest BCUT2D eigenvalue weighted by atomic mass is 32.2. The van der Waals surface area contributed by atoms with Gasteiger partial charge in [0.2, 0.25) is 10.0 Å². The standard InChI is InChI=1S/C18H18N2O3S2/c1-23-15-7-9-17(10-8-15)25(21,22)20-13-18-19-12-16(24-18)11-14-5-3-2-4-6-14/h2-10,12,20H,11,13H2,1H3. The number of hydrogen-bond donors (Lipinski definition) is 1. The van der Waals surface area contributed by atoms with E-state index in [1.54, 1.807) is 18.3 Å². The summed E-state index contributed by atoms with van der Waals surface area (Å²) in [5.74, 6) is 0.615. The zero-order chi connectivity index (χ0) is 17.7. The maximum absolute atomic E-state index is 12.3. The molecule has 3 aromatic rings. The third-order valence-electron chi connectivity index (χ3n) is 3.61. The van der Waals surface area contributed by atoms with Crippen LogP contribution in [0.3, 0.4) is 0 Å². The van der Waals surface area contributed by atoms with Crippen LogP contribution in [-0.2, 0) is 23.0 Å². The molecule has 0 unspecified atom stereocenters. The summed E-state index contributed by atoms with van der Waals surface area (Å²) in [4.78, 5) is 5.61. The van der Waals surface area contributed by atoms with Crippen molar-refractivity contribution in [2.24, 2.45) is 0 Å². The number of sulfonamides is 1. The van der Waals surface area contributed by atoms with Crippen molar-refractivity contribution >= 4 is 21.4 Å². The Balaban J connectivity index is 1.63. The van der Waals surface area contributed by atoms with Crippen molar-refractivity contribution in [1.29, 1.82) is 0 Å². The van der Waals surface area contributed by atoms with Gasteiger partial charge in [0.1, 0.15) is 10.8 Å². The molecule has 5 nitrogen and oxygen atoms in total. The summed E-state index contributed by atoms with van der Waals surface area (Å²) < 4.78 is 32.3. The highest BCUT2D eigenvalue weighted by Crippen LogP contribution is 2.19. The van der Waals surface area contributed by atoms with Crippen molar-refractivity contribution < 1.29 is 13.2 Å². The molecule has 0 aliphatic carbocycles. The number of aromatic nitrogens is 1. The number of nitrogens with one attached hydrogen (secondary N) is 1. The second-order valence-electron chi connectivity index (χ2n) is 5.38. The quantitative estimate of drug-likeness (QED) is 0.689. The van der Waals surface area contributed by atoms with E-state index in [4.69, 9.17) is 4.74 Å². The van der Waals surface area contributed by atoms with Crippen LogP contribution >= 0.6 is 11.3 Å². The van der Waals surface area contributed by atoms with Crippen molar-refractivity contribution in [1.82, 2.24) is 9.71 Å². The maximum Gasteiger partial charge on any atom is 0.240 e. The van der Waals surface area contributed by atoms with Gasteiger partial charge in [-0.15, -0.1) is 11.3 Å². The zero-order valence-electron chi connectivity index (χ0n) is 13.7. The summed E-state index contributed by atoms with van der Waals surface area (Å²) in [6, 6.07) is 16.4. The fraction of sp³-hybridized carbons (Fsp3) is 0.167. The molecule has 1 heterocycles. The molecular weight excluding hydrogens is 356 g/mol. The third-order valence-corrected chi connectivity index (χ3v) is 6.02. The van der Waals surface area contributed by atoms with Crippen LogP contribution in [0.1, 0.15) is 15.4 Å². The van der Waals surface area contributed by atoms with Gasteiger partial charge in [-0.2, -0.15) is 0 Å². The Kier molecular flexibility index (Phi) is 5.47. The molecule has 2 aromatic carbocycles. The Morgan fingerprint density at radius 2 is 1.80 bits per heavy atom. The van der Waals surface area contributed by atoms with E-state index in [0.717, 1.165) is 16.3 Å². The smallest absolute Gasteiger partial charge is 0.240 e. The first-order valence-electron chi connectivity index (χ1n) is 7.68. The Bertz CT molecular complexity index is 920. The van der Waals surface area contributed by atoms with Crippen LogP contribution in [0.2, 0.25) is 0 Å². The summed E-state index contributed by atoms with van der Waals surface area (Å²) >= 11 is 1.51. The maximum atomic E-state index is 12.3. The van der Waals surface area contributed by atoms with Crippen molar-refractivity contribution in [2.75, 3.05) is 7.11 Å². The lowest BCUT2D eigenvalue weighted by molar-refractivity contribution is 0.414. The van der Waals surface area contributed by atoms with Crippen LogP contribution in [0.5, 0.6) is 5.75 Å². The number of ether oxygens (including phenoxy) is 1. The minimum absolute atomic E-state index is 0.174. The molecule has 0 amide bonds. The largest absolute Gasteiger partial charge is 0.497 e. The number of benzene rings is 2. The fourth-order valence-corrected chi connectivity index (χ4v) is 4.28. The SMILES string of the molecule is COc1ccc(S(=O)(=O)NCc2ncc(Cc3ccccc3)s2)cc1. The normalized spacial score (nSPS) is 11.4. The molecule has 1 N–H and O–H groups in total. The monoisotopic (exact) mass is 374 g/mol. The fourth-order valence-electron chi connectivity index (χ4n) is 2.30. The van der Waals surface area contributed by atoms with E-state index in [-0.39, 0.29) is 11.4 Å². The van der Waals surface area contributed by atoms with E-state index in [1.807, 2.05) is 18.2 Å². The lowest BCUT2D eigenvalue weighted by Gasteiger charge is -2.06. The predicted octanol–water partition coefficient (Wildman–Crippen LogP) is 3.22. The van der Waals surface area contributed by atoms with Crippen molar-refractivity contribution in [2.45, 2.75) is 17.9 Å². The predicted molar refractivity (Wildman–Crippen MR) is 98.4 cm³/mol. The Morgan fingerprint density at radius 3 is 2.48 bits per heavy atom. The van der Waals surface area contributed by atoms with Crippen LogP contribution in [-0.4, -0.2) is 20.5 Å². The van der Waals surface area contributed by atoms with Gasteiger partial charge in [0, 0.05) is 17.5 Å². The molecule has 0 spiro atoms. The van der Waals surface area contributed by atoms with Gasteiger partial charge in [-0.3, -0.25) is 0 Å². The third kappa shape index (κ3) is 4.66. The molecule has 0 atom stereocenters. The molecule has 25 heavy (non-hydrogen) atoms. The van der Waals surface area contributed by atoms with Gasteiger partial charge in [0.15, 0.2) is 0 Å². The van der Waals surface area contributed by atoms with Crippen molar-refractivity contribution in [3.63, 3.8) is 0 Å². The number of thiazole rings is 1. The number of hydrogen-bond acceptors (Lipinski definition) is 5. The molecule has 3 rings (SSSR count). The van der Waals surface area contributed by atoms with Gasteiger partial charge in [0.05, 0.1) is 18.6 Å². The van der Waals surface area contributed by atoms with Crippen molar-refractivity contribution in [3.05, 3.63) is 76.2 Å². The summed E-state index contributed by atoms with van der Waals surface area (Å²) in [6.07, 6.45) is 2.60. The van der Waals surface area contributed by atoms with Crippen LogP contribution in [0.25, 0.3) is 0 Å². The Morgan fingerprint density at radius 1 is 1.08 bits per heavy atom. The molecule has 0 saturated heterocycles. The Hall–Kier alpha value is -2.22. The van der Waals surface area contributed by atoms with Gasteiger partial charge in [0.25, 0.3) is 0 Å². The van der Waals surface area contributed by atoms with Crippen LogP contribution in [0, 0.1) is 0 Å². The van der Waals surface area contributed by atoms with Gasteiger partial charge in [-0.1, -0.05) is 30.3 Å². The molecule has 0 fully saturated rings. The van der Waals surface area contributed by atoms with Gasteiger partial charge in [-0.05, 0) is 29.8 Å². The first kappa shape index (κ1) is 17.6. The molecular formula is C18H18N2O3S2. The summed E-state index contributed by atoms with van der Waals surface area (Å²) in [7, 11) is -2.03. The lowest BCUT2D eigenvalue weighted by atomic mass is 10.1. The van der Waals surface area contributed by atoms with E-state index in [1.165, 1.54) is 36.1 Å². The lowest BCUT2D eigenvalue weighted by Crippen LogP contribution is -2.23. The first-order chi connectivity index (χ1) is 12.1. The van der Waals surface area contributed by atoms with Gasteiger partial charge < -0.3 is 4.74 Å². The first-order valence-corrected chi connectivity index (χ1v) is 9.98. The van der Waals surface area contributed by atoms with E-state index < -0.39 is 10.0 Å². The minimum atomic E-state index is -3.57. The molecule has 130 valence electrons. The molecule has 0 saturated carbocycles. The van der Waals surface area contributed by atoms with Crippen LogP contribution < -0.4 is 9.46 Å². The van der Waals surface area contributed by atoms with Crippen LogP contribution in [0.4, 0.5) is 0 Å². The van der Waals surface area contributed by atoms with E-state index in [2.05, 4.69) is 21.8 Å². The molecule has 7 heteroatoms. The number of methoxy groups -OCH3 is 1. The van der Waals surface area contributed by atoms with Gasteiger partial charge >= 0.3 is 0 Å². The molecule has 0 aliphatic heterocycles. The second-order valence-corrected chi connectivity index (χ2v) is 8.35. The highest BCUT2D eigenvalue weighted by Gasteiger charge is 2.14. The summed E-state index contributed by atoms with van der Waals surface area (Å²) in [5, 5.41) is 0.739. The molecule has 0 radical (unpaired) electrons. The summed E-state index contributed by atoms with van der Waals surface area (Å²) in [5.41, 5.74) is 1.21. The zero-order valence-corrected chi connectivity index (χ0v) is 15.3. The Labute approximate surface area is 151 Å². The highest BCUT2D eigenvalue weighted by molar-refractivity contribution is 7.89. The second kappa shape index (κ2) is 7.77. The molecule has 0 bridgehead atoms. The van der Waals surface area contributed by atoms with Crippen molar-refractivity contribution in [3.8, 4) is 5.75 Å². The molecule has 1 aromatic heterocycles. The van der Waals surface area contributed by atoms with Crippen LogP contribution in [0.15, 0.2) is 65.7 Å². The van der Waals surface area contributed by atoms with E-state index in [0.29, 0.717) is 5.75 Å². The van der Waals surface area contributed by atoms with E-state index in [9.17, 15) is 8.42 Å². The number of rotatable bonds is 7. The minimum Gasteiger partial charge on any atom is -0.497 e. The molecule has 0 aliphatic rings. The number of nitrogens with zero attached hydrogens (tertiary/aromatic N) is 1. The average Bonchev–Trinajstić information content (AvgIpc) is 3.08. The summed E-state index contributed by atoms with van der Waals surface area (Å²) in [6.45, 7) is 0.174. The average molecular weight is 374 g/mol. The van der Waals surface area contributed by atoms with E-state index >= 15 is 0 Å².